The number of hydrogen-bond acceptors (Lipinski definition) is 3. The largest absolute Gasteiger partial charge is 0.373 e. The highest BCUT2D eigenvalue weighted by Crippen LogP contribution is 2.34. The molecule has 2 N–H and O–H groups in total. The van der Waals surface area contributed by atoms with Gasteiger partial charge in [-0.15, -0.1) is 0 Å². The van der Waals surface area contributed by atoms with E-state index >= 15 is 0 Å². The van der Waals surface area contributed by atoms with Gasteiger partial charge in [-0.2, -0.15) is 0 Å². The number of nitrogens with one attached hydrogen (secondary N) is 2. The van der Waals surface area contributed by atoms with Gasteiger partial charge in [-0.1, -0.05) is 12.2 Å². The normalized spacial score (nSPS) is 30.5. The van der Waals surface area contributed by atoms with Crippen molar-refractivity contribution >= 4 is 18.1 Å². The lowest BCUT2D eigenvalue weighted by atomic mass is 9.95. The molecule has 3 rings (SSSR count). The SMILES string of the molecule is O=C(N[C@H]1C[C@H]2CC[C@H]1O2)c1ccc[nH]c1=S. The summed E-state index contributed by atoms with van der Waals surface area (Å²) in [7, 11) is 0. The standard InChI is InChI=1S/C12H14N2O2S/c15-11(8-2-1-5-13-12(8)17)14-9-6-7-3-4-10(9)16-7/h1-2,5,7,9-10H,3-4,6H2,(H,13,17)(H,14,15)/t7-,9+,10-/m1/s1. The monoisotopic (exact) mass is 250 g/mol. The van der Waals surface area contributed by atoms with Gasteiger partial charge >= 0.3 is 0 Å². The fourth-order valence-electron chi connectivity index (χ4n) is 2.64. The van der Waals surface area contributed by atoms with Crippen LogP contribution in [0.5, 0.6) is 0 Å². The van der Waals surface area contributed by atoms with E-state index in [1.807, 2.05) is 0 Å². The Labute approximate surface area is 104 Å². The molecule has 1 aromatic rings. The number of ether oxygens (including phenoxy) is 1. The summed E-state index contributed by atoms with van der Waals surface area (Å²) in [6, 6.07) is 3.67. The molecule has 2 aliphatic heterocycles. The molecule has 0 radical (unpaired) electrons. The van der Waals surface area contributed by atoms with Crippen LogP contribution >= 0.6 is 12.2 Å². The summed E-state index contributed by atoms with van der Waals surface area (Å²) in [5.74, 6) is -0.104. The Hall–Kier alpha value is -1.20. The molecule has 2 bridgehead atoms. The summed E-state index contributed by atoms with van der Waals surface area (Å²) >= 11 is 5.09. The van der Waals surface area contributed by atoms with Gasteiger partial charge in [0.05, 0.1) is 23.8 Å². The lowest BCUT2D eigenvalue weighted by molar-refractivity contribution is 0.0840. The molecule has 2 aliphatic rings. The summed E-state index contributed by atoms with van der Waals surface area (Å²) in [5.41, 5.74) is 0.533. The van der Waals surface area contributed by atoms with Gasteiger partial charge in [0.1, 0.15) is 4.64 Å². The van der Waals surface area contributed by atoms with Crippen LogP contribution < -0.4 is 5.32 Å². The van der Waals surface area contributed by atoms with Crippen molar-refractivity contribution in [1.29, 1.82) is 0 Å². The number of hydrogen-bond donors (Lipinski definition) is 2. The quantitative estimate of drug-likeness (QED) is 0.787. The summed E-state index contributed by atoms with van der Waals surface area (Å²) in [5, 5.41) is 3.02. The van der Waals surface area contributed by atoms with E-state index in [0.29, 0.717) is 16.3 Å². The number of amides is 1. The second kappa shape index (κ2) is 4.23. The second-order valence-electron chi connectivity index (χ2n) is 4.60. The number of pyridine rings is 1. The van der Waals surface area contributed by atoms with Gasteiger partial charge in [0, 0.05) is 6.20 Å². The number of H-pyrrole nitrogens is 1. The maximum Gasteiger partial charge on any atom is 0.254 e. The molecule has 0 aliphatic carbocycles. The Balaban J connectivity index is 1.72. The van der Waals surface area contributed by atoms with E-state index in [2.05, 4.69) is 10.3 Å². The second-order valence-corrected chi connectivity index (χ2v) is 5.01. The van der Waals surface area contributed by atoms with Crippen molar-refractivity contribution in [2.75, 3.05) is 0 Å². The summed E-state index contributed by atoms with van der Waals surface area (Å²) in [6.45, 7) is 0. The molecule has 0 spiro atoms. The predicted octanol–water partition coefficient (Wildman–Crippen LogP) is 1.79. The molecule has 1 amide bonds. The third kappa shape index (κ3) is 2.00. The van der Waals surface area contributed by atoms with E-state index in [1.165, 1.54) is 0 Å². The molecule has 0 unspecified atom stereocenters. The molecular formula is C12H14N2O2S. The first-order chi connectivity index (χ1) is 8.24. The molecule has 17 heavy (non-hydrogen) atoms. The number of fused-ring (bicyclic) bond motifs is 2. The zero-order valence-electron chi connectivity index (χ0n) is 9.31. The van der Waals surface area contributed by atoms with Crippen molar-refractivity contribution < 1.29 is 9.53 Å². The summed E-state index contributed by atoms with van der Waals surface area (Å²) in [6.07, 6.45) is 5.37. The van der Waals surface area contributed by atoms with Crippen LogP contribution in [-0.4, -0.2) is 29.1 Å². The molecule has 2 saturated heterocycles. The van der Waals surface area contributed by atoms with Crippen LogP contribution in [0, 0.1) is 4.64 Å². The van der Waals surface area contributed by atoms with Crippen LogP contribution in [0.2, 0.25) is 0 Å². The van der Waals surface area contributed by atoms with Crippen molar-refractivity contribution in [3.63, 3.8) is 0 Å². The highest BCUT2D eigenvalue weighted by atomic mass is 32.1. The molecule has 4 nitrogen and oxygen atoms in total. The Bertz CT molecular complexity index is 499. The van der Waals surface area contributed by atoms with Gasteiger partial charge in [0.15, 0.2) is 0 Å². The smallest absolute Gasteiger partial charge is 0.254 e. The van der Waals surface area contributed by atoms with Gasteiger partial charge in [-0.3, -0.25) is 4.79 Å². The number of carbonyl (C=O) groups is 1. The molecule has 3 atom stereocenters. The summed E-state index contributed by atoms with van der Waals surface area (Å²) in [4.78, 5) is 14.9. The third-order valence-corrected chi connectivity index (χ3v) is 3.82. The topological polar surface area (TPSA) is 54.1 Å². The maximum absolute atomic E-state index is 12.0. The Morgan fingerprint density at radius 1 is 1.53 bits per heavy atom. The Morgan fingerprint density at radius 3 is 3.06 bits per heavy atom. The van der Waals surface area contributed by atoms with Gasteiger partial charge in [0.25, 0.3) is 5.91 Å². The van der Waals surface area contributed by atoms with Gasteiger partial charge in [0.2, 0.25) is 0 Å². The maximum atomic E-state index is 12.0. The molecule has 0 aromatic carbocycles. The highest BCUT2D eigenvalue weighted by molar-refractivity contribution is 7.71. The first kappa shape index (κ1) is 10.9. The fraction of sp³-hybridized carbons (Fsp3) is 0.500. The lowest BCUT2D eigenvalue weighted by Crippen LogP contribution is -2.41. The first-order valence-electron chi connectivity index (χ1n) is 5.88. The average Bonchev–Trinajstić information content (AvgIpc) is 2.91. The number of aromatic amines is 1. The zero-order valence-corrected chi connectivity index (χ0v) is 10.1. The summed E-state index contributed by atoms with van der Waals surface area (Å²) < 4.78 is 6.18. The Morgan fingerprint density at radius 2 is 2.41 bits per heavy atom. The first-order valence-corrected chi connectivity index (χ1v) is 6.29. The van der Waals surface area contributed by atoms with Gasteiger partial charge in [-0.05, 0) is 31.4 Å². The van der Waals surface area contributed by atoms with E-state index in [-0.39, 0.29) is 18.1 Å². The zero-order chi connectivity index (χ0) is 11.8. The highest BCUT2D eigenvalue weighted by Gasteiger charge is 2.41. The van der Waals surface area contributed by atoms with Crippen molar-refractivity contribution in [2.45, 2.75) is 37.5 Å². The average molecular weight is 250 g/mol. The molecule has 5 heteroatoms. The van der Waals surface area contributed by atoms with Gasteiger partial charge < -0.3 is 15.0 Å². The fourth-order valence-corrected chi connectivity index (χ4v) is 2.87. The van der Waals surface area contributed by atoms with Crippen LogP contribution in [0.25, 0.3) is 0 Å². The van der Waals surface area contributed by atoms with Crippen LogP contribution in [0.1, 0.15) is 29.6 Å². The van der Waals surface area contributed by atoms with Crippen LogP contribution in [0.15, 0.2) is 18.3 Å². The van der Waals surface area contributed by atoms with Crippen molar-refractivity contribution in [3.05, 3.63) is 28.5 Å². The molecular weight excluding hydrogens is 236 g/mol. The molecule has 2 fully saturated rings. The number of rotatable bonds is 2. The minimum absolute atomic E-state index is 0.104. The number of aromatic nitrogens is 1. The van der Waals surface area contributed by atoms with E-state index in [4.69, 9.17) is 17.0 Å². The lowest BCUT2D eigenvalue weighted by Gasteiger charge is -2.19. The van der Waals surface area contributed by atoms with Crippen LogP contribution in [0.4, 0.5) is 0 Å². The molecule has 90 valence electrons. The minimum atomic E-state index is -0.104. The van der Waals surface area contributed by atoms with E-state index in [9.17, 15) is 4.79 Å². The van der Waals surface area contributed by atoms with Crippen LogP contribution in [-0.2, 0) is 4.74 Å². The van der Waals surface area contributed by atoms with E-state index in [1.54, 1.807) is 18.3 Å². The van der Waals surface area contributed by atoms with Crippen molar-refractivity contribution in [1.82, 2.24) is 10.3 Å². The number of carbonyl (C=O) groups excluding carboxylic acids is 1. The minimum Gasteiger partial charge on any atom is -0.373 e. The van der Waals surface area contributed by atoms with Gasteiger partial charge in [-0.25, -0.2) is 0 Å². The van der Waals surface area contributed by atoms with E-state index in [0.717, 1.165) is 19.3 Å². The molecule has 3 heterocycles. The Kier molecular flexibility index (Phi) is 2.72. The van der Waals surface area contributed by atoms with E-state index < -0.39 is 0 Å². The third-order valence-electron chi connectivity index (χ3n) is 3.49. The molecule has 0 saturated carbocycles. The predicted molar refractivity (Wildman–Crippen MR) is 65.4 cm³/mol. The van der Waals surface area contributed by atoms with Crippen molar-refractivity contribution in [3.8, 4) is 0 Å². The molecule has 1 aromatic heterocycles. The van der Waals surface area contributed by atoms with Crippen LogP contribution in [0.3, 0.4) is 0 Å². The van der Waals surface area contributed by atoms with Crippen molar-refractivity contribution in [2.24, 2.45) is 0 Å².